The highest BCUT2D eigenvalue weighted by Crippen LogP contribution is 2.17. The molecular formula is C27H38N2O2. The van der Waals surface area contributed by atoms with Crippen LogP contribution in [0.4, 0.5) is 0 Å². The van der Waals surface area contributed by atoms with Gasteiger partial charge in [-0.1, -0.05) is 74.9 Å². The van der Waals surface area contributed by atoms with Crippen LogP contribution in [-0.2, 0) is 29.0 Å². The van der Waals surface area contributed by atoms with Gasteiger partial charge in [-0.2, -0.15) is 0 Å². The summed E-state index contributed by atoms with van der Waals surface area (Å²) in [5.74, 6) is -0.0441. The Kier molecular flexibility index (Phi) is 9.77. The molecule has 0 radical (unpaired) electrons. The highest BCUT2D eigenvalue weighted by Gasteiger charge is 2.29. The van der Waals surface area contributed by atoms with Gasteiger partial charge in [0.05, 0.1) is 0 Å². The summed E-state index contributed by atoms with van der Waals surface area (Å²) in [6.07, 6.45) is 3.53. The van der Waals surface area contributed by atoms with Gasteiger partial charge in [0.2, 0.25) is 11.8 Å². The Bertz CT molecular complexity index is 845. The van der Waals surface area contributed by atoms with Crippen molar-refractivity contribution in [3.05, 3.63) is 70.8 Å². The van der Waals surface area contributed by atoms with Crippen LogP contribution in [0.2, 0.25) is 0 Å². The molecule has 0 unspecified atom stereocenters. The maximum Gasteiger partial charge on any atom is 0.243 e. The van der Waals surface area contributed by atoms with Crippen LogP contribution in [0.25, 0.3) is 0 Å². The predicted octanol–water partition coefficient (Wildman–Crippen LogP) is 5.21. The number of carbonyl (C=O) groups excluding carboxylic acids is 2. The van der Waals surface area contributed by atoms with Crippen molar-refractivity contribution in [3.8, 4) is 0 Å². The molecule has 0 aromatic heterocycles. The van der Waals surface area contributed by atoms with E-state index in [1.807, 2.05) is 45.9 Å². The van der Waals surface area contributed by atoms with Gasteiger partial charge >= 0.3 is 0 Å². The number of benzene rings is 2. The van der Waals surface area contributed by atoms with E-state index in [0.29, 0.717) is 25.8 Å². The molecule has 2 aromatic carbocycles. The molecule has 168 valence electrons. The number of nitrogens with one attached hydrogen (secondary N) is 1. The molecule has 0 aliphatic heterocycles. The summed E-state index contributed by atoms with van der Waals surface area (Å²) in [7, 11) is 0. The quantitative estimate of drug-likeness (QED) is 0.540. The Morgan fingerprint density at radius 3 is 2.19 bits per heavy atom. The van der Waals surface area contributed by atoms with Crippen molar-refractivity contribution < 1.29 is 9.59 Å². The monoisotopic (exact) mass is 422 g/mol. The number of hydrogen-bond donors (Lipinski definition) is 1. The van der Waals surface area contributed by atoms with Gasteiger partial charge < -0.3 is 10.2 Å². The zero-order chi connectivity index (χ0) is 22.8. The SMILES string of the molecule is CCc1ccc(CCC(=O)N(Cc2cccc(C)c2)[C@@H](CC)C(=O)N[C@@H](C)CC)cc1. The Morgan fingerprint density at radius 2 is 1.61 bits per heavy atom. The van der Waals surface area contributed by atoms with E-state index in [0.717, 1.165) is 29.5 Å². The Labute approximate surface area is 188 Å². The van der Waals surface area contributed by atoms with E-state index in [4.69, 9.17) is 0 Å². The van der Waals surface area contributed by atoms with Crippen LogP contribution in [0, 0.1) is 6.92 Å². The average molecular weight is 423 g/mol. The molecule has 31 heavy (non-hydrogen) atoms. The van der Waals surface area contributed by atoms with Crippen molar-refractivity contribution in [2.24, 2.45) is 0 Å². The van der Waals surface area contributed by atoms with E-state index in [-0.39, 0.29) is 17.9 Å². The minimum absolute atomic E-state index is 0.0206. The van der Waals surface area contributed by atoms with Gasteiger partial charge in [-0.05, 0) is 56.2 Å². The van der Waals surface area contributed by atoms with Crippen LogP contribution in [-0.4, -0.2) is 28.8 Å². The summed E-state index contributed by atoms with van der Waals surface area (Å²) < 4.78 is 0. The molecule has 4 heteroatoms. The van der Waals surface area contributed by atoms with Crippen LogP contribution in [0.3, 0.4) is 0 Å². The Balaban J connectivity index is 2.19. The summed E-state index contributed by atoms with van der Waals surface area (Å²) in [5.41, 5.74) is 4.65. The van der Waals surface area contributed by atoms with Crippen LogP contribution in [0.15, 0.2) is 48.5 Å². The minimum atomic E-state index is -0.468. The van der Waals surface area contributed by atoms with Crippen LogP contribution >= 0.6 is 0 Å². The standard InChI is InChI=1S/C27H38N2O2/c1-6-21(5)28-27(31)25(8-3)29(19-24-11-9-10-20(4)18-24)26(30)17-16-23-14-12-22(7-2)13-15-23/h9-15,18,21,25H,6-8,16-17,19H2,1-5H3,(H,28,31)/t21-,25-/m0/s1. The largest absolute Gasteiger partial charge is 0.352 e. The normalized spacial score (nSPS) is 12.8. The van der Waals surface area contributed by atoms with Gasteiger partial charge in [-0.3, -0.25) is 9.59 Å². The Morgan fingerprint density at radius 1 is 0.935 bits per heavy atom. The smallest absolute Gasteiger partial charge is 0.243 e. The van der Waals surface area contributed by atoms with Crippen LogP contribution in [0.5, 0.6) is 0 Å². The second kappa shape index (κ2) is 12.3. The van der Waals surface area contributed by atoms with E-state index < -0.39 is 6.04 Å². The number of aryl methyl sites for hydroxylation is 3. The fourth-order valence-corrected chi connectivity index (χ4v) is 3.70. The first kappa shape index (κ1) is 24.6. The van der Waals surface area contributed by atoms with Gasteiger partial charge in [0.15, 0.2) is 0 Å². The maximum atomic E-state index is 13.3. The van der Waals surface area contributed by atoms with Crippen molar-refractivity contribution in [1.29, 1.82) is 0 Å². The third-order valence-corrected chi connectivity index (χ3v) is 5.88. The summed E-state index contributed by atoms with van der Waals surface area (Å²) in [5, 5.41) is 3.07. The van der Waals surface area contributed by atoms with Gasteiger partial charge in [-0.25, -0.2) is 0 Å². The molecule has 1 N–H and O–H groups in total. The molecule has 0 saturated carbocycles. The topological polar surface area (TPSA) is 49.4 Å². The summed E-state index contributed by atoms with van der Waals surface area (Å²) in [6.45, 7) is 10.6. The van der Waals surface area contributed by atoms with E-state index >= 15 is 0 Å². The molecule has 0 heterocycles. The highest BCUT2D eigenvalue weighted by molar-refractivity contribution is 5.87. The lowest BCUT2D eigenvalue weighted by Crippen LogP contribution is -2.50. The summed E-state index contributed by atoms with van der Waals surface area (Å²) >= 11 is 0. The molecule has 0 spiro atoms. The zero-order valence-electron chi connectivity index (χ0n) is 19.8. The maximum absolute atomic E-state index is 13.3. The molecular weight excluding hydrogens is 384 g/mol. The average Bonchev–Trinajstić information content (AvgIpc) is 2.77. The highest BCUT2D eigenvalue weighted by atomic mass is 16.2. The summed E-state index contributed by atoms with van der Waals surface area (Å²) in [6, 6.07) is 16.2. The molecule has 0 bridgehead atoms. The van der Waals surface area contributed by atoms with E-state index in [9.17, 15) is 9.59 Å². The van der Waals surface area contributed by atoms with Gasteiger partial charge in [0, 0.05) is 19.0 Å². The first-order chi connectivity index (χ1) is 14.9. The molecule has 0 fully saturated rings. The number of carbonyl (C=O) groups is 2. The molecule has 2 atom stereocenters. The van der Waals surface area contributed by atoms with Crippen molar-refractivity contribution in [3.63, 3.8) is 0 Å². The number of rotatable bonds is 11. The van der Waals surface area contributed by atoms with Gasteiger partial charge in [0.1, 0.15) is 6.04 Å². The van der Waals surface area contributed by atoms with Crippen molar-refractivity contribution >= 4 is 11.8 Å². The van der Waals surface area contributed by atoms with Crippen molar-refractivity contribution in [2.45, 2.75) is 85.4 Å². The molecule has 4 nitrogen and oxygen atoms in total. The van der Waals surface area contributed by atoms with Crippen molar-refractivity contribution in [2.75, 3.05) is 0 Å². The lowest BCUT2D eigenvalue weighted by Gasteiger charge is -2.31. The van der Waals surface area contributed by atoms with Crippen molar-refractivity contribution in [1.82, 2.24) is 10.2 Å². The van der Waals surface area contributed by atoms with Crippen LogP contribution < -0.4 is 5.32 Å². The van der Waals surface area contributed by atoms with Gasteiger partial charge in [-0.15, -0.1) is 0 Å². The molecule has 2 aromatic rings. The van der Waals surface area contributed by atoms with E-state index in [1.165, 1.54) is 5.56 Å². The molecule has 2 rings (SSSR count). The first-order valence-electron chi connectivity index (χ1n) is 11.6. The predicted molar refractivity (Wildman–Crippen MR) is 128 cm³/mol. The zero-order valence-corrected chi connectivity index (χ0v) is 19.8. The third kappa shape index (κ3) is 7.54. The fourth-order valence-electron chi connectivity index (χ4n) is 3.70. The van der Waals surface area contributed by atoms with Crippen LogP contribution in [0.1, 0.15) is 69.2 Å². The number of amides is 2. The lowest BCUT2D eigenvalue weighted by molar-refractivity contribution is -0.141. The van der Waals surface area contributed by atoms with Gasteiger partial charge in [0.25, 0.3) is 0 Å². The third-order valence-electron chi connectivity index (χ3n) is 5.88. The fraction of sp³-hybridized carbons (Fsp3) is 0.481. The number of nitrogens with zero attached hydrogens (tertiary/aromatic N) is 1. The minimum Gasteiger partial charge on any atom is -0.352 e. The lowest BCUT2D eigenvalue weighted by atomic mass is 10.0. The van der Waals surface area contributed by atoms with E-state index in [1.54, 1.807) is 4.90 Å². The Hall–Kier alpha value is -2.62. The second-order valence-corrected chi connectivity index (χ2v) is 8.42. The first-order valence-corrected chi connectivity index (χ1v) is 11.6. The molecule has 0 aliphatic rings. The molecule has 2 amide bonds. The second-order valence-electron chi connectivity index (χ2n) is 8.42. The number of hydrogen-bond acceptors (Lipinski definition) is 2. The molecule has 0 aliphatic carbocycles. The van der Waals surface area contributed by atoms with E-state index in [2.05, 4.69) is 42.6 Å². The summed E-state index contributed by atoms with van der Waals surface area (Å²) in [4.78, 5) is 28.1. The molecule has 0 saturated heterocycles.